The van der Waals surface area contributed by atoms with Crippen LogP contribution in [0, 0.1) is 0 Å². The summed E-state index contributed by atoms with van der Waals surface area (Å²) >= 11 is 0. The maximum Gasteiger partial charge on any atom is 0.242 e. The maximum atomic E-state index is 12.4. The Hall–Kier alpha value is -0.610. The van der Waals surface area contributed by atoms with Gasteiger partial charge in [0.05, 0.1) is 18.2 Å². The number of aliphatic hydroxyl groups is 1. The van der Waals surface area contributed by atoms with Crippen LogP contribution >= 0.6 is 0 Å². The highest BCUT2D eigenvalue weighted by Crippen LogP contribution is 2.26. The van der Waals surface area contributed by atoms with Crippen LogP contribution in [-0.2, 0) is 4.79 Å². The molecule has 92 valence electrons. The summed E-state index contributed by atoms with van der Waals surface area (Å²) in [6.45, 7) is 3.84. The normalized spacial score (nSPS) is 35.4. The number of likely N-dealkylation sites (tertiary alicyclic amines) is 1. The molecule has 4 nitrogen and oxygen atoms in total. The van der Waals surface area contributed by atoms with Crippen molar-refractivity contribution in [2.45, 2.75) is 50.6 Å². The molecule has 0 bridgehead atoms. The first-order valence-corrected chi connectivity index (χ1v) is 6.34. The lowest BCUT2D eigenvalue weighted by atomic mass is 9.89. The van der Waals surface area contributed by atoms with E-state index in [0.717, 1.165) is 45.2 Å². The van der Waals surface area contributed by atoms with Crippen molar-refractivity contribution in [3.05, 3.63) is 0 Å². The first-order chi connectivity index (χ1) is 7.67. The molecular formula is C12H22N2O2. The molecule has 2 heterocycles. The van der Waals surface area contributed by atoms with E-state index >= 15 is 0 Å². The molecule has 0 aromatic heterocycles. The van der Waals surface area contributed by atoms with Gasteiger partial charge in [-0.3, -0.25) is 4.79 Å². The number of piperidine rings is 1. The smallest absolute Gasteiger partial charge is 0.242 e. The Morgan fingerprint density at radius 2 is 2.31 bits per heavy atom. The van der Waals surface area contributed by atoms with Crippen LogP contribution in [0.5, 0.6) is 0 Å². The van der Waals surface area contributed by atoms with Crippen LogP contribution in [-0.4, -0.2) is 47.2 Å². The van der Waals surface area contributed by atoms with Crippen LogP contribution in [0.1, 0.15) is 39.0 Å². The van der Waals surface area contributed by atoms with E-state index in [9.17, 15) is 9.90 Å². The van der Waals surface area contributed by atoms with Crippen molar-refractivity contribution in [2.24, 2.45) is 0 Å². The van der Waals surface area contributed by atoms with Crippen LogP contribution < -0.4 is 5.32 Å². The second-order valence-corrected chi connectivity index (χ2v) is 5.19. The number of amides is 1. The fourth-order valence-electron chi connectivity index (χ4n) is 2.85. The summed E-state index contributed by atoms with van der Waals surface area (Å²) < 4.78 is 0. The molecule has 1 amide bonds. The SMILES string of the molecule is CC1(C(=O)N2CCC[C@@H]2CO)CCCCN1. The number of hydrogen-bond acceptors (Lipinski definition) is 3. The van der Waals surface area contributed by atoms with Gasteiger partial charge in [-0.05, 0) is 45.6 Å². The number of nitrogens with one attached hydrogen (secondary N) is 1. The molecule has 2 saturated heterocycles. The predicted octanol–water partition coefficient (Wildman–Crippen LogP) is 0.502. The molecule has 2 fully saturated rings. The standard InChI is InChI=1S/C12H22N2O2/c1-12(6-2-3-7-13-12)11(16)14-8-4-5-10(14)9-15/h10,13,15H,2-9H2,1H3/t10-,12?/m1/s1. The molecule has 0 aromatic rings. The molecule has 2 rings (SSSR count). The van der Waals surface area contributed by atoms with E-state index in [1.54, 1.807) is 0 Å². The minimum absolute atomic E-state index is 0.0491. The number of aliphatic hydroxyl groups excluding tert-OH is 1. The van der Waals surface area contributed by atoms with Crippen molar-refractivity contribution in [3.8, 4) is 0 Å². The summed E-state index contributed by atoms with van der Waals surface area (Å²) in [7, 11) is 0. The number of hydrogen-bond donors (Lipinski definition) is 2. The molecule has 2 N–H and O–H groups in total. The van der Waals surface area contributed by atoms with Gasteiger partial charge in [-0.1, -0.05) is 0 Å². The highest BCUT2D eigenvalue weighted by molar-refractivity contribution is 5.86. The van der Waals surface area contributed by atoms with Crippen molar-refractivity contribution in [1.82, 2.24) is 10.2 Å². The zero-order valence-electron chi connectivity index (χ0n) is 10.0. The third-order valence-corrected chi connectivity index (χ3v) is 3.94. The Kier molecular flexibility index (Phi) is 3.50. The molecule has 0 saturated carbocycles. The van der Waals surface area contributed by atoms with E-state index in [-0.39, 0.29) is 18.6 Å². The van der Waals surface area contributed by atoms with Gasteiger partial charge >= 0.3 is 0 Å². The van der Waals surface area contributed by atoms with Crippen molar-refractivity contribution in [3.63, 3.8) is 0 Å². The fraction of sp³-hybridized carbons (Fsp3) is 0.917. The second kappa shape index (κ2) is 4.72. The van der Waals surface area contributed by atoms with E-state index in [1.807, 2.05) is 11.8 Å². The maximum absolute atomic E-state index is 12.4. The van der Waals surface area contributed by atoms with Gasteiger partial charge in [0.1, 0.15) is 0 Å². The lowest BCUT2D eigenvalue weighted by Crippen LogP contribution is -2.59. The zero-order chi connectivity index (χ0) is 11.6. The molecule has 0 aromatic carbocycles. The van der Waals surface area contributed by atoms with Gasteiger partial charge in [-0.2, -0.15) is 0 Å². The van der Waals surface area contributed by atoms with E-state index < -0.39 is 5.54 Å². The second-order valence-electron chi connectivity index (χ2n) is 5.19. The van der Waals surface area contributed by atoms with Gasteiger partial charge < -0.3 is 15.3 Å². The molecule has 2 aliphatic heterocycles. The molecule has 1 unspecified atom stereocenters. The Labute approximate surface area is 97.0 Å². The van der Waals surface area contributed by atoms with E-state index in [0.29, 0.717) is 0 Å². The summed E-state index contributed by atoms with van der Waals surface area (Å²) in [5, 5.41) is 12.6. The molecule has 0 spiro atoms. The topological polar surface area (TPSA) is 52.6 Å². The van der Waals surface area contributed by atoms with Crippen LogP contribution in [0.4, 0.5) is 0 Å². The number of carbonyl (C=O) groups is 1. The Bertz CT molecular complexity index is 262. The van der Waals surface area contributed by atoms with Crippen LogP contribution in [0.3, 0.4) is 0 Å². The first-order valence-electron chi connectivity index (χ1n) is 6.34. The molecule has 16 heavy (non-hydrogen) atoms. The van der Waals surface area contributed by atoms with Crippen LogP contribution in [0.25, 0.3) is 0 Å². The van der Waals surface area contributed by atoms with Crippen molar-refractivity contribution in [1.29, 1.82) is 0 Å². The average Bonchev–Trinajstić information content (AvgIpc) is 2.77. The van der Waals surface area contributed by atoms with Crippen molar-refractivity contribution in [2.75, 3.05) is 19.7 Å². The zero-order valence-corrected chi connectivity index (χ0v) is 10.0. The number of carbonyl (C=O) groups excluding carboxylic acids is 1. The predicted molar refractivity (Wildman–Crippen MR) is 62.1 cm³/mol. The molecule has 2 atom stereocenters. The van der Waals surface area contributed by atoms with Crippen molar-refractivity contribution < 1.29 is 9.90 Å². The highest BCUT2D eigenvalue weighted by atomic mass is 16.3. The first kappa shape index (κ1) is 11.9. The molecular weight excluding hydrogens is 204 g/mol. The van der Waals surface area contributed by atoms with Gasteiger partial charge in [0.15, 0.2) is 0 Å². The third-order valence-electron chi connectivity index (χ3n) is 3.94. The molecule has 2 aliphatic rings. The Morgan fingerprint density at radius 3 is 2.94 bits per heavy atom. The van der Waals surface area contributed by atoms with E-state index in [1.165, 1.54) is 0 Å². The van der Waals surface area contributed by atoms with Gasteiger partial charge in [0, 0.05) is 6.54 Å². The number of nitrogens with zero attached hydrogens (tertiary/aromatic N) is 1. The van der Waals surface area contributed by atoms with Gasteiger partial charge in [-0.15, -0.1) is 0 Å². The molecule has 0 radical (unpaired) electrons. The largest absolute Gasteiger partial charge is 0.394 e. The van der Waals surface area contributed by atoms with Gasteiger partial charge in [-0.25, -0.2) is 0 Å². The Morgan fingerprint density at radius 1 is 1.50 bits per heavy atom. The highest BCUT2D eigenvalue weighted by Gasteiger charge is 2.40. The van der Waals surface area contributed by atoms with E-state index in [4.69, 9.17) is 0 Å². The van der Waals surface area contributed by atoms with Crippen LogP contribution in [0.2, 0.25) is 0 Å². The van der Waals surface area contributed by atoms with Gasteiger partial charge in [0.25, 0.3) is 0 Å². The van der Waals surface area contributed by atoms with Crippen LogP contribution in [0.15, 0.2) is 0 Å². The number of rotatable bonds is 2. The quantitative estimate of drug-likeness (QED) is 0.721. The minimum Gasteiger partial charge on any atom is -0.394 e. The monoisotopic (exact) mass is 226 g/mol. The van der Waals surface area contributed by atoms with Crippen molar-refractivity contribution >= 4 is 5.91 Å². The lowest BCUT2D eigenvalue weighted by molar-refractivity contribution is -0.140. The summed E-state index contributed by atoms with van der Waals surface area (Å²) in [6.07, 6.45) is 5.16. The fourth-order valence-corrected chi connectivity index (χ4v) is 2.85. The summed E-state index contributed by atoms with van der Waals surface area (Å²) in [4.78, 5) is 14.3. The third kappa shape index (κ3) is 2.09. The molecule has 4 heteroatoms. The molecule has 0 aliphatic carbocycles. The lowest BCUT2D eigenvalue weighted by Gasteiger charge is -2.38. The average molecular weight is 226 g/mol. The minimum atomic E-state index is -0.393. The Balaban J connectivity index is 2.05. The van der Waals surface area contributed by atoms with E-state index in [2.05, 4.69) is 5.32 Å². The summed E-state index contributed by atoms with van der Waals surface area (Å²) in [5.74, 6) is 0.184. The summed E-state index contributed by atoms with van der Waals surface area (Å²) in [6, 6.07) is 0.0491. The summed E-state index contributed by atoms with van der Waals surface area (Å²) in [5.41, 5.74) is -0.393. The van der Waals surface area contributed by atoms with Gasteiger partial charge in [0.2, 0.25) is 5.91 Å².